The van der Waals surface area contributed by atoms with Gasteiger partial charge in [0.2, 0.25) is 0 Å². The van der Waals surface area contributed by atoms with Crippen LogP contribution in [0.1, 0.15) is 52.4 Å². The van der Waals surface area contributed by atoms with E-state index in [4.69, 9.17) is 0 Å². The highest BCUT2D eigenvalue weighted by Gasteiger charge is 2.21. The van der Waals surface area contributed by atoms with Gasteiger partial charge in [-0.25, -0.2) is 0 Å². The van der Waals surface area contributed by atoms with E-state index in [-0.39, 0.29) is 11.2 Å². The van der Waals surface area contributed by atoms with E-state index in [2.05, 4.69) is 26.0 Å². The zero-order valence-corrected chi connectivity index (χ0v) is 19.5. The van der Waals surface area contributed by atoms with Crippen LogP contribution in [0, 0.1) is 0 Å². The lowest BCUT2D eigenvalue weighted by Crippen LogP contribution is -2.14. The molecule has 1 aliphatic carbocycles. The van der Waals surface area contributed by atoms with E-state index >= 15 is 0 Å². The minimum atomic E-state index is 0.154. The lowest BCUT2D eigenvalue weighted by Gasteiger charge is -2.17. The summed E-state index contributed by atoms with van der Waals surface area (Å²) in [6.07, 6.45) is 0.873. The second-order valence-corrected chi connectivity index (χ2v) is 9.74. The maximum atomic E-state index is 12.5. The molecule has 0 saturated heterocycles. The minimum Gasteiger partial charge on any atom is -0.289 e. The molecular formula is C30H24O2S. The van der Waals surface area contributed by atoms with Crippen LogP contribution < -0.4 is 5.43 Å². The number of ketones is 1. The van der Waals surface area contributed by atoms with Crippen molar-refractivity contribution in [2.45, 2.75) is 26.2 Å². The maximum absolute atomic E-state index is 12.5. The Morgan fingerprint density at radius 1 is 0.667 bits per heavy atom. The number of carbonyl (C=O) groups excluding carboxylic acids is 1. The van der Waals surface area contributed by atoms with Crippen molar-refractivity contribution >= 4 is 37.3 Å². The minimum absolute atomic E-state index is 0.154. The summed E-state index contributed by atoms with van der Waals surface area (Å²) in [6.45, 7) is 4.30. The summed E-state index contributed by atoms with van der Waals surface area (Å²) in [4.78, 5) is 24.6. The van der Waals surface area contributed by atoms with Crippen molar-refractivity contribution in [1.29, 1.82) is 0 Å². The molecule has 0 aliphatic heterocycles. The van der Waals surface area contributed by atoms with Crippen LogP contribution in [-0.4, -0.2) is 5.78 Å². The van der Waals surface area contributed by atoms with Gasteiger partial charge in [0.25, 0.3) is 0 Å². The number of hydrogen-bond donors (Lipinski definition) is 0. The third kappa shape index (κ3) is 4.01. The summed E-state index contributed by atoms with van der Waals surface area (Å²) in [7, 11) is 0. The van der Waals surface area contributed by atoms with Crippen LogP contribution in [0.3, 0.4) is 0 Å². The third-order valence-corrected chi connectivity index (χ3v) is 7.32. The van der Waals surface area contributed by atoms with Gasteiger partial charge in [-0.3, -0.25) is 9.59 Å². The molecule has 4 aromatic carbocycles. The van der Waals surface area contributed by atoms with Crippen molar-refractivity contribution in [3.8, 4) is 0 Å². The van der Waals surface area contributed by atoms with E-state index < -0.39 is 0 Å². The maximum Gasteiger partial charge on any atom is 0.195 e. The van der Waals surface area contributed by atoms with Crippen LogP contribution in [0.4, 0.5) is 0 Å². The average Bonchev–Trinajstić information content (AvgIpc) is 2.85. The number of hydrogen-bond acceptors (Lipinski definition) is 3. The van der Waals surface area contributed by atoms with Crippen LogP contribution in [0.5, 0.6) is 0 Å². The largest absolute Gasteiger partial charge is 0.289 e. The Kier molecular flexibility index (Phi) is 5.65. The molecule has 0 spiro atoms. The summed E-state index contributed by atoms with van der Waals surface area (Å²) < 4.78 is 2.13. The van der Waals surface area contributed by atoms with Crippen LogP contribution >= 0.6 is 11.3 Å². The molecule has 2 nitrogen and oxygen atoms in total. The first-order valence-electron chi connectivity index (χ1n) is 11.2. The Morgan fingerprint density at radius 3 is 1.91 bits per heavy atom. The van der Waals surface area contributed by atoms with Crippen molar-refractivity contribution in [1.82, 2.24) is 0 Å². The van der Waals surface area contributed by atoms with Crippen molar-refractivity contribution in [3.63, 3.8) is 0 Å². The van der Waals surface area contributed by atoms with Crippen molar-refractivity contribution in [2.24, 2.45) is 0 Å². The van der Waals surface area contributed by atoms with E-state index in [1.54, 1.807) is 11.3 Å². The molecule has 0 atom stereocenters. The highest BCUT2D eigenvalue weighted by Crippen LogP contribution is 2.28. The van der Waals surface area contributed by atoms with Gasteiger partial charge in [-0.1, -0.05) is 80.6 Å². The molecule has 5 aromatic rings. The van der Waals surface area contributed by atoms with E-state index in [9.17, 15) is 9.59 Å². The monoisotopic (exact) mass is 448 g/mol. The van der Waals surface area contributed by atoms with Gasteiger partial charge in [-0.2, -0.15) is 0 Å². The first kappa shape index (κ1) is 21.3. The van der Waals surface area contributed by atoms with Gasteiger partial charge in [0, 0.05) is 31.3 Å². The lowest BCUT2D eigenvalue weighted by atomic mass is 9.85. The fourth-order valence-electron chi connectivity index (χ4n) is 4.32. The smallest absolute Gasteiger partial charge is 0.195 e. The van der Waals surface area contributed by atoms with Gasteiger partial charge in [-0.15, -0.1) is 11.3 Å². The lowest BCUT2D eigenvalue weighted by molar-refractivity contribution is 0.103. The zero-order chi connectivity index (χ0) is 22.9. The molecule has 162 valence electrons. The van der Waals surface area contributed by atoms with Crippen molar-refractivity contribution in [2.75, 3.05) is 0 Å². The fraction of sp³-hybridized carbons (Fsp3) is 0.133. The number of carbonyl (C=O) groups is 1. The van der Waals surface area contributed by atoms with Crippen LogP contribution in [-0.2, 0) is 6.42 Å². The molecule has 1 aliphatic rings. The highest BCUT2D eigenvalue weighted by atomic mass is 32.1. The first-order chi connectivity index (χ1) is 16.0. The first-order valence-corrected chi connectivity index (χ1v) is 12.0. The number of rotatable bonds is 1. The van der Waals surface area contributed by atoms with Crippen LogP contribution in [0.2, 0.25) is 0 Å². The van der Waals surface area contributed by atoms with Gasteiger partial charge in [0.05, 0.1) is 0 Å². The summed E-state index contributed by atoms with van der Waals surface area (Å²) in [6, 6.07) is 29.8. The Bertz CT molecular complexity index is 1510. The Labute approximate surface area is 197 Å². The SMILES string of the molecule is CC(C)c1ccc2sc3ccccc3c(=O)c2c1.O=C1c2ccccc2Cc2ccccc21. The molecule has 1 aromatic heterocycles. The van der Waals surface area contributed by atoms with Gasteiger partial charge in [-0.05, 0) is 53.3 Å². The molecule has 1 heterocycles. The fourth-order valence-corrected chi connectivity index (χ4v) is 5.37. The zero-order valence-electron chi connectivity index (χ0n) is 18.7. The molecule has 0 amide bonds. The topological polar surface area (TPSA) is 34.1 Å². The third-order valence-electron chi connectivity index (χ3n) is 6.17. The summed E-state index contributed by atoms with van der Waals surface area (Å²) >= 11 is 1.69. The highest BCUT2D eigenvalue weighted by molar-refractivity contribution is 7.24. The van der Waals surface area contributed by atoms with Gasteiger partial charge >= 0.3 is 0 Å². The molecule has 0 unspecified atom stereocenters. The Balaban J connectivity index is 0.000000140. The Hall–Kier alpha value is -3.56. The Morgan fingerprint density at radius 2 is 1.24 bits per heavy atom. The van der Waals surface area contributed by atoms with E-state index in [1.165, 1.54) is 5.56 Å². The molecule has 6 rings (SSSR count). The van der Waals surface area contributed by atoms with Gasteiger partial charge in [0.15, 0.2) is 11.2 Å². The molecule has 0 radical (unpaired) electrons. The summed E-state index contributed by atoms with van der Waals surface area (Å²) in [5, 5.41) is 1.68. The molecule has 0 bridgehead atoms. The quantitative estimate of drug-likeness (QED) is 0.246. The molecule has 3 heteroatoms. The van der Waals surface area contributed by atoms with E-state index in [0.717, 1.165) is 48.8 Å². The second kappa shape index (κ2) is 8.76. The standard InChI is InChI=1S/C16H14OS.C14H10O/c1-10(2)11-7-8-15-13(9-11)16(17)12-5-3-4-6-14(12)18-15;15-14-12-7-3-1-5-10(12)9-11-6-2-4-8-13(11)14/h3-10H,1-2H3;1-8H,9H2. The number of benzene rings is 4. The van der Waals surface area contributed by atoms with Gasteiger partial charge < -0.3 is 0 Å². The van der Waals surface area contributed by atoms with Crippen LogP contribution in [0.25, 0.3) is 20.2 Å². The second-order valence-electron chi connectivity index (χ2n) is 8.66. The van der Waals surface area contributed by atoms with E-state index in [1.807, 2.05) is 78.9 Å². The molecule has 0 fully saturated rings. The summed E-state index contributed by atoms with van der Waals surface area (Å²) in [5.41, 5.74) is 5.37. The summed E-state index contributed by atoms with van der Waals surface area (Å²) in [5.74, 6) is 0.609. The molecule has 33 heavy (non-hydrogen) atoms. The number of fused-ring (bicyclic) bond motifs is 4. The predicted octanol–water partition coefficient (Wildman–Crippen LogP) is 7.36. The van der Waals surface area contributed by atoms with Crippen molar-refractivity contribution in [3.05, 3.63) is 129 Å². The normalized spacial score (nSPS) is 12.3. The predicted molar refractivity (Wildman–Crippen MR) is 139 cm³/mol. The van der Waals surface area contributed by atoms with Crippen molar-refractivity contribution < 1.29 is 4.79 Å². The van der Waals surface area contributed by atoms with Crippen LogP contribution in [0.15, 0.2) is 95.8 Å². The van der Waals surface area contributed by atoms with E-state index in [0.29, 0.717) is 5.92 Å². The molecule has 0 N–H and O–H groups in total. The van der Waals surface area contributed by atoms with Gasteiger partial charge in [0.1, 0.15) is 0 Å². The molecular weight excluding hydrogens is 424 g/mol. The average molecular weight is 449 g/mol. The molecule has 0 saturated carbocycles.